The minimum atomic E-state index is -4.49. The summed E-state index contributed by atoms with van der Waals surface area (Å²) >= 11 is 3.50. The number of carbonyl (C=O) groups is 2. The van der Waals surface area contributed by atoms with Gasteiger partial charge in [-0.15, -0.1) is 0 Å². The molecule has 1 unspecified atom stereocenters. The van der Waals surface area contributed by atoms with E-state index in [1.54, 1.807) is 46.7 Å². The molecule has 2 aliphatic carbocycles. The van der Waals surface area contributed by atoms with E-state index in [0.29, 0.717) is 34.3 Å². The van der Waals surface area contributed by atoms with Crippen molar-refractivity contribution in [2.24, 2.45) is 7.05 Å². The summed E-state index contributed by atoms with van der Waals surface area (Å²) in [7, 11) is 1.87. The molecule has 4 atom stereocenters. The third kappa shape index (κ3) is 12.6. The summed E-state index contributed by atoms with van der Waals surface area (Å²) in [4.78, 5) is 43.7. The highest BCUT2D eigenvalue weighted by atomic mass is 79.9. The van der Waals surface area contributed by atoms with E-state index in [1.807, 2.05) is 46.3 Å². The van der Waals surface area contributed by atoms with Gasteiger partial charge in [0, 0.05) is 77.5 Å². The van der Waals surface area contributed by atoms with Crippen molar-refractivity contribution in [1.29, 1.82) is 0 Å². The molecule has 19 heteroatoms. The van der Waals surface area contributed by atoms with Gasteiger partial charge >= 0.3 is 24.5 Å². The molecule has 2 aliphatic heterocycles. The first-order valence-electron chi connectivity index (χ1n) is 26.5. The minimum Gasteiger partial charge on any atom is -0.439 e. The van der Waals surface area contributed by atoms with Crippen molar-refractivity contribution in [2.45, 2.75) is 174 Å². The maximum absolute atomic E-state index is 13.6. The fraction of sp³-hybridized carbons (Fsp3) is 0.526. The van der Waals surface area contributed by atoms with Gasteiger partial charge in [0.2, 0.25) is 0 Å². The molecule has 3 aromatic heterocycles. The average Bonchev–Trinajstić information content (AvgIpc) is 3.98. The predicted molar refractivity (Wildman–Crippen MR) is 284 cm³/mol. The molecule has 0 N–H and O–H groups in total. The lowest BCUT2D eigenvalue weighted by atomic mass is 9.93. The molecular weight excluding hydrogens is 1050 g/mol. The summed E-state index contributed by atoms with van der Waals surface area (Å²) in [5.74, 6) is 1.68. The van der Waals surface area contributed by atoms with Crippen molar-refractivity contribution in [1.82, 2.24) is 29.5 Å². The zero-order valence-corrected chi connectivity index (χ0v) is 46.2. The number of cyclic esters (lactones) is 2. The van der Waals surface area contributed by atoms with E-state index in [0.717, 1.165) is 107 Å². The van der Waals surface area contributed by atoms with E-state index in [2.05, 4.69) is 50.7 Å². The largest absolute Gasteiger partial charge is 0.439 e. The first-order valence-corrected chi connectivity index (χ1v) is 27.3. The second-order valence-corrected chi connectivity index (χ2v) is 21.8. The molecule has 0 bridgehead atoms. The quantitative estimate of drug-likeness (QED) is 0.106. The van der Waals surface area contributed by atoms with E-state index in [9.17, 15) is 35.9 Å². The molecule has 76 heavy (non-hydrogen) atoms. The third-order valence-corrected chi connectivity index (χ3v) is 15.8. The smallest absolute Gasteiger partial charge is 0.416 e. The molecule has 12 nitrogen and oxygen atoms in total. The summed E-state index contributed by atoms with van der Waals surface area (Å²) in [5, 5.41) is 4.48. The maximum atomic E-state index is 13.6. The van der Waals surface area contributed by atoms with Crippen LogP contribution in [0.4, 0.5) is 47.6 Å². The number of alkyl halides is 6. The highest BCUT2D eigenvalue weighted by Crippen LogP contribution is 2.42. The lowest BCUT2D eigenvalue weighted by Gasteiger charge is -2.36. The number of hydrogen-bond acceptors (Lipinski definition) is 9. The Balaban J connectivity index is 0.000000204. The molecule has 0 spiro atoms. The average molecular weight is 1120 g/mol. The minimum absolute atomic E-state index is 0.229. The number of aryl methyl sites for hydroxylation is 4. The van der Waals surface area contributed by atoms with Crippen molar-refractivity contribution in [3.8, 4) is 11.1 Å². The Morgan fingerprint density at radius 3 is 1.47 bits per heavy atom. The second-order valence-electron chi connectivity index (χ2n) is 20.9. The maximum Gasteiger partial charge on any atom is 0.416 e. The van der Waals surface area contributed by atoms with Gasteiger partial charge < -0.3 is 19.3 Å². The van der Waals surface area contributed by atoms with Gasteiger partial charge in [0.25, 0.3) is 0 Å². The number of carbonyl (C=O) groups excluding carboxylic acids is 2. The molecule has 2 amide bonds. The predicted octanol–water partition coefficient (Wildman–Crippen LogP) is 14.8. The van der Waals surface area contributed by atoms with Crippen LogP contribution in [0.1, 0.15) is 154 Å². The Kier molecular flexibility index (Phi) is 17.4. The normalized spacial score (nSPS) is 20.6. The van der Waals surface area contributed by atoms with Gasteiger partial charge in [-0.05, 0) is 138 Å². The van der Waals surface area contributed by atoms with Crippen molar-refractivity contribution in [3.63, 3.8) is 0 Å². The second kappa shape index (κ2) is 23.4. The van der Waals surface area contributed by atoms with Crippen molar-refractivity contribution < 1.29 is 45.4 Å². The number of aromatic nitrogens is 4. The highest BCUT2D eigenvalue weighted by molar-refractivity contribution is 9.10. The van der Waals surface area contributed by atoms with E-state index >= 15 is 0 Å². The Labute approximate surface area is 450 Å². The fourth-order valence-electron chi connectivity index (χ4n) is 11.7. The molecule has 410 valence electrons. The van der Waals surface area contributed by atoms with Crippen LogP contribution in [0.5, 0.6) is 0 Å². The monoisotopic (exact) mass is 1120 g/mol. The Hall–Kier alpha value is -5.85. The van der Waals surface area contributed by atoms with Gasteiger partial charge in [-0.3, -0.25) is 14.5 Å². The Morgan fingerprint density at radius 1 is 0.632 bits per heavy atom. The molecule has 2 saturated carbocycles. The van der Waals surface area contributed by atoms with Crippen LogP contribution in [0.25, 0.3) is 11.1 Å². The lowest BCUT2D eigenvalue weighted by molar-refractivity contribution is -0.138. The van der Waals surface area contributed by atoms with Gasteiger partial charge in [0.05, 0.1) is 42.0 Å². The summed E-state index contributed by atoms with van der Waals surface area (Å²) in [6, 6.07) is 11.6. The lowest BCUT2D eigenvalue weighted by Crippen LogP contribution is -2.39. The molecule has 5 aromatic rings. The van der Waals surface area contributed by atoms with Crippen LogP contribution in [0, 0.1) is 20.8 Å². The van der Waals surface area contributed by atoms with Crippen LogP contribution >= 0.6 is 15.9 Å². The third-order valence-electron chi connectivity index (χ3n) is 15.4. The van der Waals surface area contributed by atoms with Gasteiger partial charge in [-0.2, -0.15) is 31.4 Å². The van der Waals surface area contributed by atoms with Gasteiger partial charge in [-0.1, -0.05) is 61.8 Å². The zero-order valence-electron chi connectivity index (χ0n) is 44.6. The Morgan fingerprint density at radius 2 is 1.07 bits per heavy atom. The number of hydrogen-bond donors (Lipinski definition) is 0. The van der Waals surface area contributed by atoms with Crippen LogP contribution in [-0.2, 0) is 42.0 Å². The standard InChI is InChI=1S/C31H38F3N5O2.C26H31BrF3N3O2/c1-6-38(26-10-8-7-9-11-26)29-24(14-23(16-35-29)27-18-37(5)36-20(27)3)17-39-21(4)28(41-30(39)40)22-12-19(2)13-25(15-22)31(32,33)34;1-4-32(22-8-6-5-7-9-22)24-19(13-21(27)14-31-24)15-33-17(3)23(35-25(33)34)18-10-16(2)11-20(12-18)26(28,29)30/h12-16,18,21,26,28H,6-11,17H2,1-5H3;10-14,17,22-23H,4-9,15H2,1-3H3/t21-,28?;17-,23-/m00/s1. The summed E-state index contributed by atoms with van der Waals surface area (Å²) < 4.78 is 94.7. The molecule has 0 radical (unpaired) electrons. The number of anilines is 2. The summed E-state index contributed by atoms with van der Waals surface area (Å²) in [5.41, 5.74) is 4.66. The molecule has 2 saturated heterocycles. The van der Waals surface area contributed by atoms with Gasteiger partial charge in [0.15, 0.2) is 0 Å². The number of halogens is 7. The van der Waals surface area contributed by atoms with Crippen molar-refractivity contribution >= 4 is 39.8 Å². The van der Waals surface area contributed by atoms with Gasteiger partial charge in [0.1, 0.15) is 23.8 Å². The summed E-state index contributed by atoms with van der Waals surface area (Å²) in [6.45, 7) is 15.1. The number of benzene rings is 2. The van der Waals surface area contributed by atoms with E-state index in [-0.39, 0.29) is 13.1 Å². The number of nitrogens with zero attached hydrogens (tertiary/aromatic N) is 8. The van der Waals surface area contributed by atoms with E-state index < -0.39 is 60.0 Å². The molecule has 4 aliphatic rings. The van der Waals surface area contributed by atoms with Crippen molar-refractivity contribution in [3.05, 3.63) is 122 Å². The van der Waals surface area contributed by atoms with E-state index in [4.69, 9.17) is 19.4 Å². The molecule has 9 rings (SSSR count). The number of pyridine rings is 2. The molecule has 4 fully saturated rings. The Bertz CT molecular complexity index is 2870. The topological polar surface area (TPSA) is 109 Å². The molecule has 5 heterocycles. The van der Waals surface area contributed by atoms with Crippen LogP contribution in [-0.4, -0.2) is 79.0 Å². The SMILES string of the molecule is CCN(c1ncc(-c2cn(C)nc2C)cc1CN1C(=O)OC(c2cc(C)cc(C(F)(F)F)c2)[C@@H]1C)C1CCCCC1.CCN(c1ncc(Br)cc1CN1C(=O)O[C@H](c2cc(C)cc(C(F)(F)F)c2)[C@@H]1C)C1CCCCC1. The van der Waals surface area contributed by atoms with Crippen LogP contribution in [0.15, 0.2) is 71.6 Å². The van der Waals surface area contributed by atoms with Crippen molar-refractivity contribution in [2.75, 3.05) is 22.9 Å². The first-order chi connectivity index (χ1) is 36.0. The molecular formula is C57H69BrF6N8O4. The van der Waals surface area contributed by atoms with E-state index in [1.165, 1.54) is 38.5 Å². The molecule has 2 aromatic carbocycles. The number of ether oxygens (including phenoxy) is 2. The summed E-state index contributed by atoms with van der Waals surface area (Å²) in [6.07, 6.45) is 5.61. The van der Waals surface area contributed by atoms with Crippen LogP contribution < -0.4 is 9.80 Å². The van der Waals surface area contributed by atoms with Crippen LogP contribution in [0.3, 0.4) is 0 Å². The van der Waals surface area contributed by atoms with Crippen LogP contribution in [0.2, 0.25) is 0 Å². The first kappa shape index (κ1) is 56.4. The van der Waals surface area contributed by atoms with Gasteiger partial charge in [-0.25, -0.2) is 19.6 Å². The zero-order chi connectivity index (χ0) is 54.8. The number of rotatable bonds is 13. The number of amides is 2. The highest BCUT2D eigenvalue weighted by Gasteiger charge is 2.44. The fourth-order valence-corrected chi connectivity index (χ4v) is 12.1.